The Labute approximate surface area is 330 Å². The molecular weight excluding hydrogens is 757 g/mol. The van der Waals surface area contributed by atoms with Crippen molar-refractivity contribution >= 4 is 56.9 Å². The van der Waals surface area contributed by atoms with Gasteiger partial charge >= 0.3 is 6.55 Å². The second-order valence-electron chi connectivity index (χ2n) is 16.0. The first-order valence-corrected chi connectivity index (χ1v) is 19.4. The number of anilines is 2. The largest absolute Gasteiger partial charge is 0.367 e. The molecule has 0 saturated carbocycles. The molecule has 4 aliphatic heterocycles. The lowest BCUT2D eigenvalue weighted by molar-refractivity contribution is -0.136. The number of imide groups is 2. The van der Waals surface area contributed by atoms with E-state index >= 15 is 8.78 Å². The molecule has 4 aliphatic rings. The topological polar surface area (TPSA) is 124 Å². The minimum Gasteiger partial charge on any atom is -0.367 e. The predicted molar refractivity (Wildman–Crippen MR) is 208 cm³/mol. The molecule has 300 valence electrons. The van der Waals surface area contributed by atoms with Crippen LogP contribution in [0.1, 0.15) is 66.8 Å². The summed E-state index contributed by atoms with van der Waals surface area (Å²) >= 11 is 0. The Morgan fingerprint density at radius 2 is 1.48 bits per heavy atom. The van der Waals surface area contributed by atoms with E-state index < -0.39 is 47.9 Å². The molecule has 16 heteroatoms. The first kappa shape index (κ1) is 37.7. The molecule has 2 aromatic carbocycles. The van der Waals surface area contributed by atoms with E-state index in [1.165, 1.54) is 18.3 Å². The first-order chi connectivity index (χ1) is 27.8. The van der Waals surface area contributed by atoms with Gasteiger partial charge in [0.05, 0.1) is 27.8 Å². The average Bonchev–Trinajstić information content (AvgIpc) is 3.67. The number of amides is 4. The van der Waals surface area contributed by atoms with E-state index in [2.05, 4.69) is 34.0 Å². The van der Waals surface area contributed by atoms with Crippen LogP contribution in [0.3, 0.4) is 0 Å². The van der Waals surface area contributed by atoms with Gasteiger partial charge in [-0.3, -0.25) is 43.8 Å². The summed E-state index contributed by atoms with van der Waals surface area (Å²) in [7, 11) is 0. The van der Waals surface area contributed by atoms with Gasteiger partial charge in [0, 0.05) is 86.2 Å². The summed E-state index contributed by atoms with van der Waals surface area (Å²) in [6.07, 6.45) is 6.21. The highest BCUT2D eigenvalue weighted by Crippen LogP contribution is 2.39. The van der Waals surface area contributed by atoms with Crippen molar-refractivity contribution in [1.82, 2.24) is 29.7 Å². The lowest BCUT2D eigenvalue weighted by atomic mass is 9.78. The number of halogens is 4. The number of rotatable bonds is 7. The van der Waals surface area contributed by atoms with Crippen LogP contribution in [-0.2, 0) is 9.59 Å². The van der Waals surface area contributed by atoms with Crippen LogP contribution in [0, 0.1) is 17.6 Å². The number of nitrogens with zero attached hydrogens (tertiary/aromatic N) is 7. The van der Waals surface area contributed by atoms with Crippen molar-refractivity contribution in [1.29, 1.82) is 0 Å². The Balaban J connectivity index is 0.838. The zero-order chi connectivity index (χ0) is 40.6. The third-order valence-electron chi connectivity index (χ3n) is 12.7. The summed E-state index contributed by atoms with van der Waals surface area (Å²) in [5, 5.41) is 3.42. The number of nitrogens with one attached hydrogen (secondary N) is 1. The lowest BCUT2D eigenvalue weighted by Crippen LogP contribution is -2.59. The van der Waals surface area contributed by atoms with Crippen molar-refractivity contribution in [2.45, 2.75) is 57.7 Å². The minimum atomic E-state index is -2.77. The molecule has 0 bridgehead atoms. The van der Waals surface area contributed by atoms with E-state index in [-0.39, 0.29) is 46.9 Å². The van der Waals surface area contributed by atoms with E-state index in [0.717, 1.165) is 28.4 Å². The Hall–Kier alpha value is -5.90. The quantitative estimate of drug-likeness (QED) is 0.153. The maximum absolute atomic E-state index is 15.7. The van der Waals surface area contributed by atoms with Gasteiger partial charge < -0.3 is 9.80 Å². The van der Waals surface area contributed by atoms with Crippen LogP contribution in [0.25, 0.3) is 32.9 Å². The fourth-order valence-corrected chi connectivity index (χ4v) is 9.41. The highest BCUT2D eigenvalue weighted by Gasteiger charge is 2.46. The lowest BCUT2D eigenvalue weighted by Gasteiger charge is -2.50. The number of carbonyl (C=O) groups excluding carboxylic acids is 4. The molecule has 3 aromatic heterocycles. The summed E-state index contributed by atoms with van der Waals surface area (Å²) < 4.78 is 60.6. The van der Waals surface area contributed by atoms with Gasteiger partial charge in [-0.05, 0) is 74.9 Å². The Morgan fingerprint density at radius 1 is 0.759 bits per heavy atom. The molecule has 5 aromatic rings. The number of fused-ring (bicyclic) bond motifs is 4. The fourth-order valence-electron chi connectivity index (χ4n) is 9.41. The van der Waals surface area contributed by atoms with Gasteiger partial charge in [0.25, 0.3) is 11.8 Å². The number of piperidine rings is 2. The minimum absolute atomic E-state index is 0.00592. The maximum atomic E-state index is 15.7. The van der Waals surface area contributed by atoms with Crippen molar-refractivity contribution in [2.75, 3.05) is 49.1 Å². The van der Waals surface area contributed by atoms with Gasteiger partial charge in [-0.25, -0.2) is 13.8 Å². The van der Waals surface area contributed by atoms with Gasteiger partial charge in [-0.1, -0.05) is 12.1 Å². The van der Waals surface area contributed by atoms with Crippen molar-refractivity contribution in [2.24, 2.45) is 5.92 Å². The number of piperazine rings is 1. The average molecular weight is 797 g/mol. The molecule has 0 aliphatic carbocycles. The summed E-state index contributed by atoms with van der Waals surface area (Å²) in [6.45, 7) is 5.01. The Bertz CT molecular complexity index is 2530. The maximum Gasteiger partial charge on any atom is 0.319 e. The summed E-state index contributed by atoms with van der Waals surface area (Å²) in [5.74, 6) is -3.22. The van der Waals surface area contributed by atoms with Crippen LogP contribution in [0.15, 0.2) is 61.1 Å². The zero-order valence-electron chi connectivity index (χ0n) is 31.9. The third-order valence-corrected chi connectivity index (χ3v) is 12.7. The van der Waals surface area contributed by atoms with Gasteiger partial charge in [0.1, 0.15) is 11.9 Å². The molecule has 3 saturated heterocycles. The third kappa shape index (κ3) is 6.15. The molecule has 58 heavy (non-hydrogen) atoms. The Morgan fingerprint density at radius 3 is 2.17 bits per heavy atom. The monoisotopic (exact) mass is 796 g/mol. The molecule has 1 N–H and O–H groups in total. The molecule has 0 radical (unpaired) electrons. The zero-order valence-corrected chi connectivity index (χ0v) is 31.9. The van der Waals surface area contributed by atoms with Gasteiger partial charge in [0.2, 0.25) is 11.8 Å². The molecule has 1 unspecified atom stereocenters. The van der Waals surface area contributed by atoms with E-state index in [1.807, 2.05) is 9.80 Å². The standard InChI is InChI=1S/C42H40F4N8O4/c1-42(2,52-15-13-50(14-16-52)35-20-28-27(19-30(35)43)39(57)54(40(28)58)33-5-6-36(55)49-38(33)56)25-8-11-51(12-9-25)37-31(44)17-24(21-48-37)23-3-4-26-29-22-47-10-7-32(29)53(41(45)46)34(26)18-23/h3-4,7,10,17-22,25,33,41H,5-6,8-9,11-16H2,1-2H3,(H,49,55,56). The highest BCUT2D eigenvalue weighted by molar-refractivity contribution is 6.23. The number of hydrogen-bond donors (Lipinski definition) is 1. The van der Waals surface area contributed by atoms with Crippen molar-refractivity contribution in [3.8, 4) is 11.1 Å². The van der Waals surface area contributed by atoms with Crippen molar-refractivity contribution in [3.63, 3.8) is 0 Å². The van der Waals surface area contributed by atoms with E-state index in [9.17, 15) is 28.0 Å². The molecule has 0 spiro atoms. The number of hydrogen-bond acceptors (Lipinski definition) is 9. The molecule has 4 amide bonds. The van der Waals surface area contributed by atoms with Crippen LogP contribution >= 0.6 is 0 Å². The number of benzene rings is 2. The van der Waals surface area contributed by atoms with Crippen LogP contribution < -0.4 is 15.1 Å². The van der Waals surface area contributed by atoms with Crippen LogP contribution in [0.5, 0.6) is 0 Å². The molecular formula is C42H40F4N8O4. The smallest absolute Gasteiger partial charge is 0.319 e. The molecule has 3 fully saturated rings. The second kappa shape index (κ2) is 14.2. The van der Waals surface area contributed by atoms with Crippen LogP contribution in [-0.4, -0.2) is 98.8 Å². The SMILES string of the molecule is CC(C)(C1CCN(c2ncc(-c3ccc4c5cnccc5n(C(F)F)c4c3)cc2F)CC1)N1CCN(c2cc3c(cc2F)C(=O)N(C2CCC(=O)NC2=O)C3=O)CC1. The first-order valence-electron chi connectivity index (χ1n) is 19.4. The van der Waals surface area contributed by atoms with E-state index in [4.69, 9.17) is 0 Å². The van der Waals surface area contributed by atoms with Gasteiger partial charge in [-0.2, -0.15) is 8.78 Å². The van der Waals surface area contributed by atoms with E-state index in [1.54, 1.807) is 36.7 Å². The molecule has 9 rings (SSSR count). The Kier molecular flexibility index (Phi) is 9.21. The molecule has 12 nitrogen and oxygen atoms in total. The predicted octanol–water partition coefficient (Wildman–Crippen LogP) is 6.14. The normalized spacial score (nSPS) is 19.9. The van der Waals surface area contributed by atoms with Gasteiger partial charge in [0.15, 0.2) is 11.6 Å². The number of pyridine rings is 2. The van der Waals surface area contributed by atoms with Crippen LogP contribution in [0.2, 0.25) is 0 Å². The van der Waals surface area contributed by atoms with Crippen molar-refractivity contribution in [3.05, 3.63) is 83.8 Å². The molecule has 7 heterocycles. The number of carbonyl (C=O) groups is 4. The molecule has 1 atom stereocenters. The number of alkyl halides is 2. The second-order valence-corrected chi connectivity index (χ2v) is 16.0. The summed E-state index contributed by atoms with van der Waals surface area (Å²) in [6, 6.07) is 9.46. The van der Waals surface area contributed by atoms with Gasteiger partial charge in [-0.15, -0.1) is 0 Å². The number of aromatic nitrogens is 3. The van der Waals surface area contributed by atoms with Crippen LogP contribution in [0.4, 0.5) is 29.1 Å². The summed E-state index contributed by atoms with van der Waals surface area (Å²) in [4.78, 5) is 66.3. The fraction of sp³-hybridized carbons (Fsp3) is 0.381. The highest BCUT2D eigenvalue weighted by atomic mass is 19.3. The van der Waals surface area contributed by atoms with E-state index in [0.29, 0.717) is 72.2 Å². The summed E-state index contributed by atoms with van der Waals surface area (Å²) in [5.41, 5.74) is 1.68. The van der Waals surface area contributed by atoms with Crippen molar-refractivity contribution < 1.29 is 36.7 Å².